The van der Waals surface area contributed by atoms with Crippen molar-refractivity contribution in [3.8, 4) is 45.0 Å². The molecule has 0 N–H and O–H groups in total. The molecule has 9 rings (SSSR count). The quantitative estimate of drug-likeness (QED) is 0.152. The lowest BCUT2D eigenvalue weighted by atomic mass is 9.89. The second-order valence-corrected chi connectivity index (χ2v) is 11.8. The Kier molecular flexibility index (Phi) is 6.17. The van der Waals surface area contributed by atoms with E-state index in [0.717, 1.165) is 28.1 Å². The third-order valence-electron chi connectivity index (χ3n) is 9.05. The van der Waals surface area contributed by atoms with Crippen LogP contribution in [0.25, 0.3) is 88.1 Å². The van der Waals surface area contributed by atoms with Crippen LogP contribution in [0.3, 0.4) is 0 Å². The van der Waals surface area contributed by atoms with Gasteiger partial charge < -0.3 is 0 Å². The maximum absolute atomic E-state index is 5.18. The molecule has 0 unspecified atom stereocenters. The largest absolute Gasteiger partial charge is 0.228 e. The van der Waals surface area contributed by atoms with E-state index < -0.39 is 0 Å². The van der Waals surface area contributed by atoms with E-state index in [0.29, 0.717) is 5.82 Å². The predicted molar refractivity (Wildman–Crippen MR) is 194 cm³/mol. The maximum atomic E-state index is 5.18. The SMILES string of the molecule is c1ccc(-c2cc(-c3cccc4ccccc34)nc(-c3ccc(-c4c5ccccc5cc5ccc6ccccc6c45)cc3)n2)cc1. The molecule has 1 aromatic heterocycles. The summed E-state index contributed by atoms with van der Waals surface area (Å²) < 4.78 is 0. The molecule has 9 aromatic rings. The van der Waals surface area contributed by atoms with E-state index in [-0.39, 0.29) is 0 Å². The molecular weight excluding hydrogens is 556 g/mol. The number of nitrogens with zero attached hydrogens (tertiary/aromatic N) is 2. The van der Waals surface area contributed by atoms with Crippen LogP contribution in [0.1, 0.15) is 0 Å². The smallest absolute Gasteiger partial charge is 0.160 e. The van der Waals surface area contributed by atoms with Gasteiger partial charge in [0.15, 0.2) is 5.82 Å². The van der Waals surface area contributed by atoms with Crippen LogP contribution in [0.4, 0.5) is 0 Å². The molecule has 0 spiro atoms. The molecule has 0 aliphatic heterocycles. The van der Waals surface area contributed by atoms with Crippen molar-refractivity contribution in [2.45, 2.75) is 0 Å². The molecule has 1 heterocycles. The average Bonchev–Trinajstić information content (AvgIpc) is 3.14. The summed E-state index contributed by atoms with van der Waals surface area (Å²) >= 11 is 0. The lowest BCUT2D eigenvalue weighted by Gasteiger charge is -2.15. The standard InChI is InChI=1S/C44H28N2/c1-2-13-31(14-3-1)40-28-41(39-20-10-16-29-11-4-7-17-36(29)39)46-44(45-40)33-24-22-32(23-25-33)42-38-19-9-6-15-34(38)27-35-26-21-30-12-5-8-18-37(30)43(35)42/h1-28H. The van der Waals surface area contributed by atoms with Crippen LogP contribution in [0.15, 0.2) is 170 Å². The summed E-state index contributed by atoms with van der Waals surface area (Å²) in [5, 5.41) is 9.90. The van der Waals surface area contributed by atoms with Gasteiger partial charge in [0.2, 0.25) is 0 Å². The fraction of sp³-hybridized carbons (Fsp3) is 0. The van der Waals surface area contributed by atoms with Crippen molar-refractivity contribution in [3.63, 3.8) is 0 Å². The van der Waals surface area contributed by atoms with Crippen molar-refractivity contribution in [3.05, 3.63) is 170 Å². The Morgan fingerprint density at radius 2 is 0.913 bits per heavy atom. The number of fused-ring (bicyclic) bond motifs is 5. The van der Waals surface area contributed by atoms with E-state index in [9.17, 15) is 0 Å². The van der Waals surface area contributed by atoms with Crippen molar-refractivity contribution in [1.82, 2.24) is 9.97 Å². The van der Waals surface area contributed by atoms with Crippen molar-refractivity contribution in [2.24, 2.45) is 0 Å². The van der Waals surface area contributed by atoms with Gasteiger partial charge in [-0.2, -0.15) is 0 Å². The molecule has 0 saturated heterocycles. The lowest BCUT2D eigenvalue weighted by Crippen LogP contribution is -1.96. The fourth-order valence-electron chi connectivity index (χ4n) is 6.85. The molecule has 8 aromatic carbocycles. The zero-order valence-electron chi connectivity index (χ0n) is 25.1. The summed E-state index contributed by atoms with van der Waals surface area (Å²) in [6, 6.07) is 60.4. The van der Waals surface area contributed by atoms with Crippen LogP contribution in [0.5, 0.6) is 0 Å². The highest BCUT2D eigenvalue weighted by Gasteiger charge is 2.15. The molecule has 0 aliphatic carbocycles. The summed E-state index contributed by atoms with van der Waals surface area (Å²) in [6.45, 7) is 0. The van der Waals surface area contributed by atoms with Gasteiger partial charge in [-0.1, -0.05) is 158 Å². The van der Waals surface area contributed by atoms with Gasteiger partial charge in [-0.3, -0.25) is 0 Å². The molecule has 0 bridgehead atoms. The maximum Gasteiger partial charge on any atom is 0.160 e. The van der Waals surface area contributed by atoms with E-state index >= 15 is 0 Å². The van der Waals surface area contributed by atoms with Crippen LogP contribution < -0.4 is 0 Å². The van der Waals surface area contributed by atoms with Gasteiger partial charge in [0.05, 0.1) is 11.4 Å². The minimum absolute atomic E-state index is 0.712. The van der Waals surface area contributed by atoms with E-state index in [1.54, 1.807) is 0 Å². The first kappa shape index (κ1) is 26.3. The van der Waals surface area contributed by atoms with Crippen LogP contribution in [-0.2, 0) is 0 Å². The van der Waals surface area contributed by atoms with Crippen LogP contribution in [0.2, 0.25) is 0 Å². The van der Waals surface area contributed by atoms with Gasteiger partial charge in [0.1, 0.15) is 0 Å². The number of aromatic nitrogens is 2. The topological polar surface area (TPSA) is 25.8 Å². The number of rotatable bonds is 4. The molecule has 46 heavy (non-hydrogen) atoms. The number of benzene rings is 8. The molecule has 2 nitrogen and oxygen atoms in total. The monoisotopic (exact) mass is 584 g/mol. The second kappa shape index (κ2) is 10.8. The Balaban J connectivity index is 1.24. The summed E-state index contributed by atoms with van der Waals surface area (Å²) in [6.07, 6.45) is 0. The fourth-order valence-corrected chi connectivity index (χ4v) is 6.85. The Morgan fingerprint density at radius 3 is 1.72 bits per heavy atom. The van der Waals surface area contributed by atoms with Gasteiger partial charge in [-0.15, -0.1) is 0 Å². The second-order valence-electron chi connectivity index (χ2n) is 11.8. The first-order valence-electron chi connectivity index (χ1n) is 15.7. The summed E-state index contributed by atoms with van der Waals surface area (Å²) in [7, 11) is 0. The normalized spacial score (nSPS) is 11.5. The van der Waals surface area contributed by atoms with Gasteiger partial charge in [0.25, 0.3) is 0 Å². The number of hydrogen-bond acceptors (Lipinski definition) is 2. The molecule has 0 aliphatic rings. The highest BCUT2D eigenvalue weighted by atomic mass is 14.9. The van der Waals surface area contributed by atoms with Gasteiger partial charge in [-0.05, 0) is 66.3 Å². The molecule has 0 amide bonds. The third kappa shape index (κ3) is 4.43. The predicted octanol–water partition coefficient (Wildman–Crippen LogP) is 11.8. The van der Waals surface area contributed by atoms with Gasteiger partial charge in [-0.25, -0.2) is 9.97 Å². The van der Waals surface area contributed by atoms with E-state index in [1.807, 2.05) is 6.07 Å². The van der Waals surface area contributed by atoms with Crippen molar-refractivity contribution in [2.75, 3.05) is 0 Å². The van der Waals surface area contributed by atoms with Crippen molar-refractivity contribution in [1.29, 1.82) is 0 Å². The Morgan fingerprint density at radius 1 is 0.326 bits per heavy atom. The van der Waals surface area contributed by atoms with Crippen LogP contribution >= 0.6 is 0 Å². The molecule has 0 saturated carbocycles. The Hall–Kier alpha value is -6.12. The lowest BCUT2D eigenvalue weighted by molar-refractivity contribution is 1.18. The first-order chi connectivity index (χ1) is 22.8. The minimum atomic E-state index is 0.712. The van der Waals surface area contributed by atoms with Crippen molar-refractivity contribution >= 4 is 43.1 Å². The van der Waals surface area contributed by atoms with Gasteiger partial charge in [0, 0.05) is 16.7 Å². The summed E-state index contributed by atoms with van der Waals surface area (Å²) in [5.41, 5.74) is 7.41. The highest BCUT2D eigenvalue weighted by Crippen LogP contribution is 2.41. The third-order valence-corrected chi connectivity index (χ3v) is 9.05. The van der Waals surface area contributed by atoms with E-state index in [2.05, 4.69) is 164 Å². The summed E-state index contributed by atoms with van der Waals surface area (Å²) in [4.78, 5) is 10.3. The molecule has 0 fully saturated rings. The van der Waals surface area contributed by atoms with E-state index in [1.165, 1.54) is 54.2 Å². The zero-order valence-corrected chi connectivity index (χ0v) is 25.1. The van der Waals surface area contributed by atoms with E-state index in [4.69, 9.17) is 9.97 Å². The average molecular weight is 585 g/mol. The van der Waals surface area contributed by atoms with Crippen LogP contribution in [0, 0.1) is 0 Å². The summed E-state index contributed by atoms with van der Waals surface area (Å²) in [5.74, 6) is 0.712. The Bertz CT molecular complexity index is 2560. The molecule has 2 heteroatoms. The first-order valence-corrected chi connectivity index (χ1v) is 15.7. The highest BCUT2D eigenvalue weighted by molar-refractivity contribution is 6.21. The van der Waals surface area contributed by atoms with Crippen LogP contribution in [-0.4, -0.2) is 9.97 Å². The van der Waals surface area contributed by atoms with Crippen molar-refractivity contribution < 1.29 is 0 Å². The minimum Gasteiger partial charge on any atom is -0.228 e. The molecule has 0 radical (unpaired) electrons. The van der Waals surface area contributed by atoms with Gasteiger partial charge >= 0.3 is 0 Å². The zero-order chi connectivity index (χ0) is 30.5. The Labute approximate surface area is 267 Å². The molecule has 214 valence electrons. The number of hydrogen-bond donors (Lipinski definition) is 0. The molecular formula is C44H28N2. The molecule has 0 atom stereocenters.